The van der Waals surface area contributed by atoms with Gasteiger partial charge in [0.15, 0.2) is 5.78 Å². The van der Waals surface area contributed by atoms with Gasteiger partial charge in [0.1, 0.15) is 17.3 Å². The number of aromatic nitrogens is 3. The van der Waals surface area contributed by atoms with E-state index in [0.29, 0.717) is 19.0 Å². The molecule has 1 aromatic carbocycles. The standard InChI is InChI=1S/C24H21F2N5O/c1-13-8-14(2)30-24(29-13)31-11-15-10-28-22(19(15)12-31)23(32)17-6-5-16(25)9-18(17)21-20(26)4-3-7-27-21/h3-9,12,15,22,28H,10-11H2,1-2H3. The Morgan fingerprint density at radius 2 is 1.91 bits per heavy atom. The number of carbonyl (C=O) groups is 1. The number of hydrogen-bond acceptors (Lipinski definition) is 6. The highest BCUT2D eigenvalue weighted by Gasteiger charge is 2.41. The lowest BCUT2D eigenvalue weighted by molar-refractivity contribution is 0.0966. The molecule has 2 aliphatic rings. The van der Waals surface area contributed by atoms with E-state index >= 15 is 0 Å². The van der Waals surface area contributed by atoms with Crippen LogP contribution in [-0.4, -0.2) is 39.9 Å². The fourth-order valence-electron chi connectivity index (χ4n) is 4.44. The highest BCUT2D eigenvalue weighted by Crippen LogP contribution is 2.34. The zero-order valence-corrected chi connectivity index (χ0v) is 17.6. The van der Waals surface area contributed by atoms with Crippen molar-refractivity contribution >= 4 is 11.7 Å². The molecule has 1 N–H and O–H groups in total. The summed E-state index contributed by atoms with van der Waals surface area (Å²) in [7, 11) is 0. The third kappa shape index (κ3) is 3.56. The van der Waals surface area contributed by atoms with Crippen molar-refractivity contribution < 1.29 is 13.6 Å². The van der Waals surface area contributed by atoms with E-state index in [1.807, 2.05) is 31.0 Å². The van der Waals surface area contributed by atoms with Crippen LogP contribution in [0.4, 0.5) is 14.7 Å². The van der Waals surface area contributed by atoms with Crippen molar-refractivity contribution in [3.05, 3.63) is 83.0 Å². The number of nitrogens with one attached hydrogen (secondary N) is 1. The second kappa shape index (κ2) is 7.87. The maximum Gasteiger partial charge on any atom is 0.229 e. The lowest BCUT2D eigenvalue weighted by Gasteiger charge is -2.17. The van der Waals surface area contributed by atoms with Crippen LogP contribution in [0.2, 0.25) is 0 Å². The second-order valence-electron chi connectivity index (χ2n) is 8.16. The summed E-state index contributed by atoms with van der Waals surface area (Å²) in [5.41, 5.74) is 3.00. The molecule has 0 spiro atoms. The Hall–Kier alpha value is -3.52. The molecule has 1 fully saturated rings. The van der Waals surface area contributed by atoms with Crippen molar-refractivity contribution in [3.8, 4) is 11.3 Å². The third-order valence-electron chi connectivity index (χ3n) is 5.85. The summed E-state index contributed by atoms with van der Waals surface area (Å²) in [5, 5.41) is 3.27. The maximum absolute atomic E-state index is 14.4. The molecule has 0 amide bonds. The highest BCUT2D eigenvalue weighted by atomic mass is 19.1. The molecule has 0 saturated carbocycles. The monoisotopic (exact) mass is 433 g/mol. The molecule has 1 saturated heterocycles. The third-order valence-corrected chi connectivity index (χ3v) is 5.85. The van der Waals surface area contributed by atoms with Gasteiger partial charge in [-0.15, -0.1) is 0 Å². The summed E-state index contributed by atoms with van der Waals surface area (Å²) in [5.74, 6) is -0.681. The number of pyridine rings is 1. The van der Waals surface area contributed by atoms with E-state index in [4.69, 9.17) is 0 Å². The molecule has 32 heavy (non-hydrogen) atoms. The van der Waals surface area contributed by atoms with E-state index in [9.17, 15) is 13.6 Å². The highest BCUT2D eigenvalue weighted by molar-refractivity contribution is 6.07. The van der Waals surface area contributed by atoms with Gasteiger partial charge in [-0.2, -0.15) is 0 Å². The number of nitrogens with zero attached hydrogens (tertiary/aromatic N) is 4. The Bertz CT molecular complexity index is 1240. The lowest BCUT2D eigenvalue weighted by atomic mass is 9.91. The van der Waals surface area contributed by atoms with E-state index < -0.39 is 17.7 Å². The molecule has 5 rings (SSSR count). The Balaban J connectivity index is 1.50. The molecular formula is C24H21F2N5O. The minimum atomic E-state index is -0.609. The molecule has 0 radical (unpaired) electrons. The first kappa shape index (κ1) is 20.4. The first-order valence-corrected chi connectivity index (χ1v) is 10.4. The van der Waals surface area contributed by atoms with E-state index in [1.54, 1.807) is 0 Å². The minimum absolute atomic E-state index is 0.0458. The molecule has 2 atom stereocenters. The van der Waals surface area contributed by atoms with E-state index in [-0.39, 0.29) is 28.5 Å². The number of rotatable bonds is 4. The van der Waals surface area contributed by atoms with Crippen LogP contribution in [0.15, 0.2) is 54.4 Å². The number of halogens is 2. The predicted molar refractivity (Wildman–Crippen MR) is 116 cm³/mol. The minimum Gasteiger partial charge on any atom is -0.316 e. The van der Waals surface area contributed by atoms with Gasteiger partial charge in [0.2, 0.25) is 5.95 Å². The predicted octanol–water partition coefficient (Wildman–Crippen LogP) is 3.61. The summed E-state index contributed by atoms with van der Waals surface area (Å²) in [6.45, 7) is 5.13. The molecule has 3 aromatic rings. The van der Waals surface area contributed by atoms with Crippen molar-refractivity contribution in [1.82, 2.24) is 20.3 Å². The smallest absolute Gasteiger partial charge is 0.229 e. The number of hydrogen-bond donors (Lipinski definition) is 1. The molecular weight excluding hydrogens is 412 g/mol. The van der Waals surface area contributed by atoms with Crippen molar-refractivity contribution in [2.24, 2.45) is 5.92 Å². The maximum atomic E-state index is 14.4. The fourth-order valence-corrected chi connectivity index (χ4v) is 4.44. The van der Waals surface area contributed by atoms with Gasteiger partial charge in [0, 0.05) is 53.9 Å². The molecule has 0 bridgehead atoms. The van der Waals surface area contributed by atoms with Crippen molar-refractivity contribution in [1.29, 1.82) is 0 Å². The number of Topliss-reactive ketones (excluding diaryl/α,β-unsaturated/α-hetero) is 1. The fraction of sp³-hybridized carbons (Fsp3) is 0.250. The number of benzene rings is 1. The largest absolute Gasteiger partial charge is 0.316 e. The summed E-state index contributed by atoms with van der Waals surface area (Å²) >= 11 is 0. The van der Waals surface area contributed by atoms with Crippen molar-refractivity contribution in [2.75, 3.05) is 18.0 Å². The van der Waals surface area contributed by atoms with Crippen LogP contribution in [0, 0.1) is 31.4 Å². The summed E-state index contributed by atoms with van der Waals surface area (Å²) in [4.78, 5) is 28.6. The average Bonchev–Trinajstić information content (AvgIpc) is 3.34. The summed E-state index contributed by atoms with van der Waals surface area (Å²) in [6, 6.07) is 7.78. The summed E-state index contributed by atoms with van der Waals surface area (Å²) < 4.78 is 28.4. The van der Waals surface area contributed by atoms with Crippen LogP contribution in [0.1, 0.15) is 21.7 Å². The lowest BCUT2D eigenvalue weighted by Crippen LogP contribution is -2.33. The van der Waals surface area contributed by atoms with Crippen LogP contribution < -0.4 is 10.2 Å². The molecule has 2 unspecified atom stereocenters. The van der Waals surface area contributed by atoms with Gasteiger partial charge in [-0.05, 0) is 55.8 Å². The van der Waals surface area contributed by atoms with Crippen molar-refractivity contribution in [2.45, 2.75) is 19.9 Å². The zero-order chi connectivity index (χ0) is 22.4. The van der Waals surface area contributed by atoms with Gasteiger partial charge in [0.05, 0.1) is 6.04 Å². The Morgan fingerprint density at radius 3 is 2.66 bits per heavy atom. The zero-order valence-electron chi connectivity index (χ0n) is 17.6. The van der Waals surface area contributed by atoms with Gasteiger partial charge in [-0.1, -0.05) is 0 Å². The van der Waals surface area contributed by atoms with Crippen LogP contribution in [-0.2, 0) is 0 Å². The van der Waals surface area contributed by atoms with E-state index in [1.165, 1.54) is 30.5 Å². The van der Waals surface area contributed by atoms with Crippen LogP contribution in [0.3, 0.4) is 0 Å². The topological polar surface area (TPSA) is 71.0 Å². The summed E-state index contributed by atoms with van der Waals surface area (Å²) in [6.07, 6.45) is 3.34. The molecule has 2 aliphatic heterocycles. The van der Waals surface area contributed by atoms with Crippen LogP contribution in [0.5, 0.6) is 0 Å². The van der Waals surface area contributed by atoms with Gasteiger partial charge >= 0.3 is 0 Å². The number of fused-ring (bicyclic) bond motifs is 1. The second-order valence-corrected chi connectivity index (χ2v) is 8.16. The molecule has 162 valence electrons. The number of carbonyl (C=O) groups excluding carboxylic acids is 1. The molecule has 8 heteroatoms. The van der Waals surface area contributed by atoms with Crippen LogP contribution in [0.25, 0.3) is 11.3 Å². The quantitative estimate of drug-likeness (QED) is 0.634. The molecule has 0 aliphatic carbocycles. The van der Waals surface area contributed by atoms with Crippen molar-refractivity contribution in [3.63, 3.8) is 0 Å². The van der Waals surface area contributed by atoms with Gasteiger partial charge < -0.3 is 10.2 Å². The molecule has 4 heterocycles. The van der Waals surface area contributed by atoms with Gasteiger partial charge in [-0.25, -0.2) is 18.7 Å². The number of aryl methyl sites for hydroxylation is 2. The Labute approximate surface area is 184 Å². The first-order chi connectivity index (χ1) is 15.4. The van der Waals surface area contributed by atoms with E-state index in [2.05, 4.69) is 20.3 Å². The normalized spacial score (nSPS) is 19.8. The molecule has 2 aromatic heterocycles. The number of ketones is 1. The van der Waals surface area contributed by atoms with Gasteiger partial charge in [-0.3, -0.25) is 9.78 Å². The Morgan fingerprint density at radius 1 is 1.12 bits per heavy atom. The SMILES string of the molecule is Cc1cc(C)nc(N2C=C3C(CNC3C(=O)c3ccc(F)cc3-c3ncccc3F)C2)n1. The van der Waals surface area contributed by atoms with Crippen LogP contribution >= 0.6 is 0 Å². The Kier molecular flexibility index (Phi) is 5.01. The van der Waals surface area contributed by atoms with Gasteiger partial charge in [0.25, 0.3) is 0 Å². The van der Waals surface area contributed by atoms with E-state index in [0.717, 1.165) is 23.0 Å². The molecule has 6 nitrogen and oxygen atoms in total. The first-order valence-electron chi connectivity index (χ1n) is 10.4. The average molecular weight is 433 g/mol. The number of anilines is 1.